The number of furan rings is 1. The van der Waals surface area contributed by atoms with E-state index in [2.05, 4.69) is 11.0 Å². The molecule has 1 amide bonds. The van der Waals surface area contributed by atoms with Crippen molar-refractivity contribution in [3.63, 3.8) is 0 Å². The first-order valence-corrected chi connectivity index (χ1v) is 7.53. The van der Waals surface area contributed by atoms with E-state index >= 15 is 0 Å². The molecule has 0 radical (unpaired) electrons. The summed E-state index contributed by atoms with van der Waals surface area (Å²) < 4.78 is 5.88. The van der Waals surface area contributed by atoms with Crippen LogP contribution in [0.15, 0.2) is 10.5 Å². The third-order valence-corrected chi connectivity index (χ3v) is 5.32. The average molecular weight is 273 g/mol. The maximum Gasteiger partial charge on any atom is 0.223 e. The zero-order chi connectivity index (χ0) is 13.9. The number of Topliss-reactive ketones (excluding diaryl/α,β-unsaturated/α-hetero) is 1. The summed E-state index contributed by atoms with van der Waals surface area (Å²) in [7, 11) is 0. The minimum atomic E-state index is -0.255. The quantitative estimate of drug-likeness (QED) is 0.729. The van der Waals surface area contributed by atoms with Gasteiger partial charge in [-0.2, -0.15) is 0 Å². The molecule has 1 aromatic heterocycles. The van der Waals surface area contributed by atoms with E-state index in [0.717, 1.165) is 37.3 Å². The summed E-state index contributed by atoms with van der Waals surface area (Å²) in [5.74, 6) is 2.63. The first kappa shape index (κ1) is 12.2. The molecule has 1 aromatic rings. The summed E-state index contributed by atoms with van der Waals surface area (Å²) in [4.78, 5) is 26.3. The normalized spacial score (nSPS) is 32.6. The molecule has 2 aliphatic heterocycles. The van der Waals surface area contributed by atoms with Crippen molar-refractivity contribution in [2.24, 2.45) is 5.92 Å². The number of hydrogen-bond donors (Lipinski definition) is 0. The first-order chi connectivity index (χ1) is 9.61. The van der Waals surface area contributed by atoms with Gasteiger partial charge in [0, 0.05) is 43.7 Å². The smallest absolute Gasteiger partial charge is 0.223 e. The Morgan fingerprint density at radius 1 is 1.30 bits per heavy atom. The third kappa shape index (κ3) is 1.42. The Hall–Kier alpha value is -1.58. The van der Waals surface area contributed by atoms with Gasteiger partial charge >= 0.3 is 0 Å². The van der Waals surface area contributed by atoms with E-state index in [1.807, 2.05) is 6.92 Å². The summed E-state index contributed by atoms with van der Waals surface area (Å²) in [5, 5.41) is 0. The lowest BCUT2D eigenvalue weighted by atomic mass is 9.69. The lowest BCUT2D eigenvalue weighted by Crippen LogP contribution is -2.49. The van der Waals surface area contributed by atoms with Crippen LogP contribution in [-0.4, -0.2) is 23.1 Å². The molecule has 1 spiro atoms. The van der Waals surface area contributed by atoms with Crippen LogP contribution >= 0.6 is 0 Å². The SMILES string of the molecule is Cc1cc2c(o1)CCCN1C(=O)C[C@@H]3CC(=O)CC[C@]231. The fraction of sp³-hybridized carbons (Fsp3) is 0.625. The molecule has 1 saturated heterocycles. The number of fused-ring (bicyclic) bond motifs is 1. The molecule has 0 N–H and O–H groups in total. The second-order valence-electron chi connectivity index (χ2n) is 6.41. The second kappa shape index (κ2) is 3.96. The summed E-state index contributed by atoms with van der Waals surface area (Å²) >= 11 is 0. The highest BCUT2D eigenvalue weighted by Crippen LogP contribution is 2.54. The molecule has 20 heavy (non-hydrogen) atoms. The molecule has 0 bridgehead atoms. The van der Waals surface area contributed by atoms with Crippen molar-refractivity contribution in [2.75, 3.05) is 6.54 Å². The number of nitrogens with zero attached hydrogens (tertiary/aromatic N) is 1. The highest BCUT2D eigenvalue weighted by Gasteiger charge is 2.57. The largest absolute Gasteiger partial charge is 0.466 e. The van der Waals surface area contributed by atoms with E-state index in [0.29, 0.717) is 25.0 Å². The van der Waals surface area contributed by atoms with Crippen molar-refractivity contribution in [3.05, 3.63) is 23.2 Å². The average Bonchev–Trinajstić information content (AvgIpc) is 2.85. The number of ketones is 1. The Labute approximate surface area is 118 Å². The predicted octanol–water partition coefficient (Wildman–Crippen LogP) is 2.33. The fourth-order valence-corrected chi connectivity index (χ4v) is 4.56. The van der Waals surface area contributed by atoms with Crippen molar-refractivity contribution < 1.29 is 14.0 Å². The van der Waals surface area contributed by atoms with Crippen LogP contribution in [0, 0.1) is 12.8 Å². The predicted molar refractivity (Wildman–Crippen MR) is 72.1 cm³/mol. The summed E-state index contributed by atoms with van der Waals surface area (Å²) in [6, 6.07) is 2.11. The molecule has 4 nitrogen and oxygen atoms in total. The second-order valence-corrected chi connectivity index (χ2v) is 6.41. The minimum Gasteiger partial charge on any atom is -0.466 e. The molecular weight excluding hydrogens is 254 g/mol. The van der Waals surface area contributed by atoms with Crippen LogP contribution in [0.1, 0.15) is 49.2 Å². The van der Waals surface area contributed by atoms with Crippen molar-refractivity contribution in [2.45, 2.75) is 51.0 Å². The van der Waals surface area contributed by atoms with Gasteiger partial charge in [-0.3, -0.25) is 9.59 Å². The van der Waals surface area contributed by atoms with E-state index < -0.39 is 0 Å². The Morgan fingerprint density at radius 2 is 2.15 bits per heavy atom. The van der Waals surface area contributed by atoms with E-state index in [1.54, 1.807) is 0 Å². The monoisotopic (exact) mass is 273 g/mol. The lowest BCUT2D eigenvalue weighted by Gasteiger charge is -2.43. The zero-order valence-electron chi connectivity index (χ0n) is 11.8. The zero-order valence-corrected chi connectivity index (χ0v) is 11.8. The fourth-order valence-electron chi connectivity index (χ4n) is 4.56. The maximum atomic E-state index is 12.4. The first-order valence-electron chi connectivity index (χ1n) is 7.53. The van der Waals surface area contributed by atoms with Crippen LogP contribution in [0.2, 0.25) is 0 Å². The van der Waals surface area contributed by atoms with Gasteiger partial charge in [-0.1, -0.05) is 0 Å². The molecule has 3 heterocycles. The number of rotatable bonds is 0. The van der Waals surface area contributed by atoms with Gasteiger partial charge < -0.3 is 9.32 Å². The van der Waals surface area contributed by atoms with Crippen molar-refractivity contribution in [1.82, 2.24) is 4.90 Å². The Bertz CT molecular complexity index is 603. The van der Waals surface area contributed by atoms with Crippen LogP contribution in [0.3, 0.4) is 0 Å². The molecule has 3 aliphatic rings. The van der Waals surface area contributed by atoms with Gasteiger partial charge in [0.05, 0.1) is 5.54 Å². The van der Waals surface area contributed by atoms with Gasteiger partial charge in [-0.25, -0.2) is 0 Å². The Balaban J connectivity index is 1.92. The van der Waals surface area contributed by atoms with Gasteiger partial charge in [-0.15, -0.1) is 0 Å². The summed E-state index contributed by atoms with van der Waals surface area (Å²) in [5.41, 5.74) is 0.935. The van der Waals surface area contributed by atoms with Gasteiger partial charge in [0.25, 0.3) is 0 Å². The lowest BCUT2D eigenvalue weighted by molar-refractivity contribution is -0.134. The van der Waals surface area contributed by atoms with Gasteiger partial charge in [0.1, 0.15) is 17.3 Å². The topological polar surface area (TPSA) is 50.5 Å². The van der Waals surface area contributed by atoms with E-state index in [-0.39, 0.29) is 17.4 Å². The minimum absolute atomic E-state index is 0.144. The molecular formula is C16H19NO3. The van der Waals surface area contributed by atoms with Crippen LogP contribution in [-0.2, 0) is 21.5 Å². The third-order valence-electron chi connectivity index (χ3n) is 5.32. The van der Waals surface area contributed by atoms with Crippen LogP contribution in [0.25, 0.3) is 0 Å². The summed E-state index contributed by atoms with van der Waals surface area (Å²) in [6.07, 6.45) is 4.28. The van der Waals surface area contributed by atoms with Gasteiger partial charge in [-0.05, 0) is 25.8 Å². The number of aryl methyl sites for hydroxylation is 2. The van der Waals surface area contributed by atoms with Crippen molar-refractivity contribution >= 4 is 11.7 Å². The molecule has 2 fully saturated rings. The number of carbonyl (C=O) groups excluding carboxylic acids is 2. The van der Waals surface area contributed by atoms with Crippen molar-refractivity contribution in [3.8, 4) is 0 Å². The molecule has 0 aromatic carbocycles. The summed E-state index contributed by atoms with van der Waals surface area (Å²) in [6.45, 7) is 2.77. The van der Waals surface area contributed by atoms with Gasteiger partial charge in [0.2, 0.25) is 5.91 Å². The Morgan fingerprint density at radius 3 is 3.00 bits per heavy atom. The molecule has 106 valence electrons. The van der Waals surface area contributed by atoms with E-state index in [4.69, 9.17) is 4.42 Å². The molecule has 2 atom stereocenters. The number of amides is 1. The van der Waals surface area contributed by atoms with Gasteiger partial charge in [0.15, 0.2) is 0 Å². The van der Waals surface area contributed by atoms with Crippen LogP contribution in [0.4, 0.5) is 0 Å². The van der Waals surface area contributed by atoms with Crippen LogP contribution < -0.4 is 0 Å². The standard InChI is InChI=1S/C16H19NO3/c1-10-7-13-14(20-10)3-2-6-17-15(19)9-11-8-12(18)4-5-16(11,13)17/h7,11H,2-6,8-9H2,1H3/t11-,16+/m0/s1. The van der Waals surface area contributed by atoms with E-state index in [1.165, 1.54) is 5.56 Å². The molecule has 1 saturated carbocycles. The maximum absolute atomic E-state index is 12.4. The highest BCUT2D eigenvalue weighted by atomic mass is 16.3. The molecule has 0 unspecified atom stereocenters. The van der Waals surface area contributed by atoms with Crippen LogP contribution in [0.5, 0.6) is 0 Å². The molecule has 4 heteroatoms. The highest BCUT2D eigenvalue weighted by molar-refractivity contribution is 5.86. The van der Waals surface area contributed by atoms with Crippen molar-refractivity contribution in [1.29, 1.82) is 0 Å². The molecule has 4 rings (SSSR count). The molecule has 1 aliphatic carbocycles. The number of hydrogen-bond acceptors (Lipinski definition) is 3. The van der Waals surface area contributed by atoms with E-state index in [9.17, 15) is 9.59 Å². The Kier molecular flexibility index (Phi) is 2.41. The number of carbonyl (C=O) groups is 2.